The number of carbonyl (C=O) groups excluding carboxylic acids is 1. The summed E-state index contributed by atoms with van der Waals surface area (Å²) in [4.78, 5) is 17.2. The topological polar surface area (TPSA) is 67.8 Å². The third-order valence-electron chi connectivity index (χ3n) is 2.69. The van der Waals surface area contributed by atoms with Gasteiger partial charge < -0.3 is 5.32 Å². The van der Waals surface area contributed by atoms with Gasteiger partial charge in [0.2, 0.25) is 0 Å². The average Bonchev–Trinajstić information content (AvgIpc) is 3.04. The van der Waals surface area contributed by atoms with Crippen molar-refractivity contribution in [3.05, 3.63) is 20.6 Å². The standard InChI is InChI=1S/C13H18N4OS3/c1-4-10-15-8(2)11(21-10)12(18)14-6-5-7-19-13-17-16-9(3)20-13/h4-7H2,1-3H3,(H,14,18). The highest BCUT2D eigenvalue weighted by molar-refractivity contribution is 8.01. The Hall–Kier alpha value is -0.990. The minimum atomic E-state index is -0.0125. The molecule has 5 nitrogen and oxygen atoms in total. The highest BCUT2D eigenvalue weighted by Gasteiger charge is 2.13. The summed E-state index contributed by atoms with van der Waals surface area (Å²) < 4.78 is 0.990. The first-order chi connectivity index (χ1) is 10.1. The Balaban J connectivity index is 1.70. The summed E-state index contributed by atoms with van der Waals surface area (Å²) in [5.74, 6) is 0.915. The Morgan fingerprint density at radius 3 is 2.71 bits per heavy atom. The van der Waals surface area contributed by atoms with E-state index in [4.69, 9.17) is 0 Å². The van der Waals surface area contributed by atoms with Crippen molar-refractivity contribution in [2.75, 3.05) is 12.3 Å². The highest BCUT2D eigenvalue weighted by Crippen LogP contribution is 2.22. The van der Waals surface area contributed by atoms with Crippen LogP contribution in [0.4, 0.5) is 0 Å². The van der Waals surface area contributed by atoms with Crippen LogP contribution in [0.3, 0.4) is 0 Å². The van der Waals surface area contributed by atoms with E-state index in [2.05, 4.69) is 20.5 Å². The number of amides is 1. The fourth-order valence-corrected chi connectivity index (χ4v) is 4.41. The summed E-state index contributed by atoms with van der Waals surface area (Å²) >= 11 is 4.77. The third-order valence-corrected chi connectivity index (χ3v) is 6.05. The number of nitrogens with zero attached hydrogens (tertiary/aromatic N) is 3. The molecular formula is C13H18N4OS3. The van der Waals surface area contributed by atoms with Crippen LogP contribution in [-0.4, -0.2) is 33.4 Å². The van der Waals surface area contributed by atoms with Crippen molar-refractivity contribution < 1.29 is 4.79 Å². The van der Waals surface area contributed by atoms with Crippen LogP contribution in [0.15, 0.2) is 4.34 Å². The van der Waals surface area contributed by atoms with E-state index in [1.54, 1.807) is 23.1 Å². The Morgan fingerprint density at radius 1 is 1.29 bits per heavy atom. The van der Waals surface area contributed by atoms with Crippen molar-refractivity contribution >= 4 is 40.3 Å². The van der Waals surface area contributed by atoms with Gasteiger partial charge in [-0.25, -0.2) is 4.98 Å². The molecule has 0 saturated carbocycles. The Morgan fingerprint density at radius 2 is 2.10 bits per heavy atom. The zero-order valence-corrected chi connectivity index (χ0v) is 14.8. The minimum Gasteiger partial charge on any atom is -0.351 e. The molecule has 0 unspecified atom stereocenters. The van der Waals surface area contributed by atoms with Crippen LogP contribution in [0.5, 0.6) is 0 Å². The summed E-state index contributed by atoms with van der Waals surface area (Å²) in [5.41, 5.74) is 0.827. The smallest absolute Gasteiger partial charge is 0.263 e. The molecule has 8 heteroatoms. The molecule has 0 aromatic carbocycles. The molecule has 1 N–H and O–H groups in total. The van der Waals surface area contributed by atoms with Gasteiger partial charge >= 0.3 is 0 Å². The van der Waals surface area contributed by atoms with Crippen molar-refractivity contribution in [3.8, 4) is 0 Å². The van der Waals surface area contributed by atoms with Gasteiger partial charge in [0.15, 0.2) is 4.34 Å². The van der Waals surface area contributed by atoms with Crippen molar-refractivity contribution in [2.45, 2.75) is 38.0 Å². The maximum absolute atomic E-state index is 12.1. The summed E-state index contributed by atoms with van der Waals surface area (Å²) in [6.45, 7) is 6.55. The molecule has 0 fully saturated rings. The number of thiazole rings is 1. The van der Waals surface area contributed by atoms with E-state index in [1.807, 2.05) is 20.8 Å². The molecule has 0 spiro atoms. The van der Waals surface area contributed by atoms with Crippen LogP contribution < -0.4 is 5.32 Å². The van der Waals surface area contributed by atoms with E-state index < -0.39 is 0 Å². The molecule has 0 aliphatic carbocycles. The predicted molar refractivity (Wildman–Crippen MR) is 88.5 cm³/mol. The second-order valence-corrected chi connectivity index (χ2v) is 8.03. The quantitative estimate of drug-likeness (QED) is 0.618. The molecule has 114 valence electrons. The van der Waals surface area contributed by atoms with Gasteiger partial charge in [0.05, 0.1) is 10.7 Å². The van der Waals surface area contributed by atoms with Gasteiger partial charge in [0.25, 0.3) is 5.91 Å². The number of carbonyl (C=O) groups is 1. The average molecular weight is 343 g/mol. The van der Waals surface area contributed by atoms with Gasteiger partial charge in [-0.1, -0.05) is 30.0 Å². The Labute approximate surface area is 136 Å². The SMILES string of the molecule is CCc1nc(C)c(C(=O)NCCCSc2nnc(C)s2)s1. The van der Waals surface area contributed by atoms with Gasteiger partial charge in [0, 0.05) is 12.3 Å². The highest BCUT2D eigenvalue weighted by atomic mass is 32.2. The molecule has 0 atom stereocenters. The van der Waals surface area contributed by atoms with Gasteiger partial charge in [-0.2, -0.15) is 0 Å². The van der Waals surface area contributed by atoms with Gasteiger partial charge in [-0.05, 0) is 26.7 Å². The lowest BCUT2D eigenvalue weighted by molar-refractivity contribution is 0.0957. The molecule has 21 heavy (non-hydrogen) atoms. The molecule has 2 heterocycles. The van der Waals surface area contributed by atoms with E-state index in [1.165, 1.54) is 11.3 Å². The van der Waals surface area contributed by atoms with Crippen LogP contribution in [0.2, 0.25) is 0 Å². The zero-order valence-electron chi connectivity index (χ0n) is 12.3. The lowest BCUT2D eigenvalue weighted by atomic mass is 10.3. The van der Waals surface area contributed by atoms with Crippen molar-refractivity contribution in [1.82, 2.24) is 20.5 Å². The first-order valence-electron chi connectivity index (χ1n) is 6.77. The summed E-state index contributed by atoms with van der Waals surface area (Å²) in [5, 5.41) is 13.0. The van der Waals surface area contributed by atoms with E-state index >= 15 is 0 Å². The Kier molecular flexibility index (Phi) is 6.13. The molecule has 0 bridgehead atoms. The zero-order chi connectivity index (χ0) is 15.2. The number of hydrogen-bond donors (Lipinski definition) is 1. The summed E-state index contributed by atoms with van der Waals surface area (Å²) in [6.07, 6.45) is 1.78. The first-order valence-corrected chi connectivity index (χ1v) is 9.39. The number of aromatic nitrogens is 3. The lowest BCUT2D eigenvalue weighted by Crippen LogP contribution is -2.24. The van der Waals surface area contributed by atoms with Crippen molar-refractivity contribution in [3.63, 3.8) is 0 Å². The number of aryl methyl sites for hydroxylation is 3. The largest absolute Gasteiger partial charge is 0.351 e. The molecule has 2 aromatic heterocycles. The first kappa shape index (κ1) is 16.4. The molecule has 0 radical (unpaired) electrons. The normalized spacial score (nSPS) is 10.8. The van der Waals surface area contributed by atoms with Crippen molar-refractivity contribution in [2.24, 2.45) is 0 Å². The maximum atomic E-state index is 12.1. The van der Waals surface area contributed by atoms with Crippen LogP contribution in [0, 0.1) is 13.8 Å². The van der Waals surface area contributed by atoms with Gasteiger partial charge in [-0.3, -0.25) is 4.79 Å². The second-order valence-electron chi connectivity index (χ2n) is 4.42. The fourth-order valence-electron chi connectivity index (χ4n) is 1.66. The van der Waals surface area contributed by atoms with Crippen LogP contribution in [-0.2, 0) is 6.42 Å². The molecule has 0 saturated heterocycles. The lowest BCUT2D eigenvalue weighted by Gasteiger charge is -2.03. The van der Waals surface area contributed by atoms with Crippen LogP contribution >= 0.6 is 34.4 Å². The third kappa shape index (κ3) is 4.76. The fraction of sp³-hybridized carbons (Fsp3) is 0.538. The second kappa shape index (κ2) is 7.86. The van der Waals surface area contributed by atoms with E-state index in [0.29, 0.717) is 6.54 Å². The monoisotopic (exact) mass is 342 g/mol. The minimum absolute atomic E-state index is 0.0125. The van der Waals surface area contributed by atoms with E-state index in [9.17, 15) is 4.79 Å². The molecule has 0 aliphatic rings. The number of nitrogens with one attached hydrogen (secondary N) is 1. The van der Waals surface area contributed by atoms with Gasteiger partial charge in [-0.15, -0.1) is 21.5 Å². The molecular weight excluding hydrogens is 324 g/mol. The summed E-state index contributed by atoms with van der Waals surface area (Å²) in [7, 11) is 0. The van der Waals surface area contributed by atoms with Gasteiger partial charge in [0.1, 0.15) is 9.88 Å². The van der Waals surface area contributed by atoms with Crippen molar-refractivity contribution in [1.29, 1.82) is 0 Å². The predicted octanol–water partition coefficient (Wildman–Crippen LogP) is 3.09. The maximum Gasteiger partial charge on any atom is 0.263 e. The molecule has 2 rings (SSSR count). The number of thioether (sulfide) groups is 1. The molecule has 1 amide bonds. The van der Waals surface area contributed by atoms with E-state index in [-0.39, 0.29) is 5.91 Å². The van der Waals surface area contributed by atoms with E-state index in [0.717, 1.165) is 43.5 Å². The van der Waals surface area contributed by atoms with Crippen LogP contribution in [0.1, 0.15) is 38.7 Å². The molecule has 0 aliphatic heterocycles. The number of rotatable bonds is 7. The summed E-state index contributed by atoms with van der Waals surface area (Å²) in [6, 6.07) is 0. The molecule has 2 aromatic rings. The Bertz CT molecular complexity index is 608. The van der Waals surface area contributed by atoms with Crippen LogP contribution in [0.25, 0.3) is 0 Å². The number of hydrogen-bond acceptors (Lipinski definition) is 7.